The van der Waals surface area contributed by atoms with Gasteiger partial charge in [-0.3, -0.25) is 0 Å². The molecule has 0 spiro atoms. The fraction of sp³-hybridized carbons (Fsp3) is 0.290. The van der Waals surface area contributed by atoms with E-state index in [-0.39, 0.29) is 28.4 Å². The van der Waals surface area contributed by atoms with E-state index in [2.05, 4.69) is 239 Å². The van der Waals surface area contributed by atoms with Crippen molar-refractivity contribution in [1.82, 2.24) is 0 Å². The Bertz CT molecular complexity index is 3240. The molecule has 0 amide bonds. The summed E-state index contributed by atoms with van der Waals surface area (Å²) in [6, 6.07) is 54.8. The second-order valence-corrected chi connectivity index (χ2v) is 24.4. The highest BCUT2D eigenvalue weighted by Crippen LogP contribution is 2.54. The average molecular weight is 879 g/mol. The van der Waals surface area contributed by atoms with Gasteiger partial charge in [-0.25, -0.2) is 0 Å². The van der Waals surface area contributed by atoms with Gasteiger partial charge in [0.1, 0.15) is 0 Å². The second-order valence-electron chi connectivity index (χ2n) is 23.3. The van der Waals surface area contributed by atoms with Gasteiger partial charge < -0.3 is 9.80 Å². The molecule has 3 aliphatic rings. The van der Waals surface area contributed by atoms with Crippen molar-refractivity contribution in [2.45, 2.75) is 118 Å². The van der Waals surface area contributed by atoms with Gasteiger partial charge in [0, 0.05) is 48.7 Å². The van der Waals surface area contributed by atoms with Gasteiger partial charge in [0.15, 0.2) is 0 Å². The van der Waals surface area contributed by atoms with Crippen molar-refractivity contribution < 1.29 is 0 Å². The minimum Gasteiger partial charge on any atom is -0.311 e. The van der Waals surface area contributed by atoms with Gasteiger partial charge >= 0.3 is 0 Å². The number of fused-ring (bicyclic) bond motifs is 9. The van der Waals surface area contributed by atoms with Crippen LogP contribution in [-0.2, 0) is 21.7 Å². The summed E-state index contributed by atoms with van der Waals surface area (Å²) in [4.78, 5) is 5.24. The summed E-state index contributed by atoms with van der Waals surface area (Å²) < 4.78 is 2.76. The van der Waals surface area contributed by atoms with E-state index in [0.29, 0.717) is 5.92 Å². The molecule has 0 saturated heterocycles. The molecular weight excluding hydrogens is 816 g/mol. The Morgan fingerprint density at radius 3 is 1.67 bits per heavy atom. The number of hydrogen-bond donors (Lipinski definition) is 0. The molecule has 2 aliphatic heterocycles. The van der Waals surface area contributed by atoms with Crippen LogP contribution < -0.4 is 25.5 Å². The van der Waals surface area contributed by atoms with E-state index in [1.54, 1.807) is 0 Å². The van der Waals surface area contributed by atoms with Crippen molar-refractivity contribution in [3.05, 3.63) is 173 Å². The lowest BCUT2D eigenvalue weighted by atomic mass is 9.36. The molecular formula is C62H63BN2S. The molecule has 2 nitrogen and oxygen atoms in total. The smallest absolute Gasteiger partial charge is 0.264 e. The fourth-order valence-electron chi connectivity index (χ4n) is 11.1. The van der Waals surface area contributed by atoms with Crippen LogP contribution >= 0.6 is 11.3 Å². The van der Waals surface area contributed by atoms with E-state index < -0.39 is 0 Å². The van der Waals surface area contributed by atoms with Crippen molar-refractivity contribution in [3.63, 3.8) is 0 Å². The van der Waals surface area contributed by atoms with E-state index in [0.717, 1.165) is 0 Å². The Balaban J connectivity index is 1.27. The van der Waals surface area contributed by atoms with Gasteiger partial charge in [0.05, 0.1) is 5.69 Å². The molecule has 4 heteroatoms. The van der Waals surface area contributed by atoms with Crippen LogP contribution in [0.2, 0.25) is 0 Å². The zero-order chi connectivity index (χ0) is 46.4. The zero-order valence-electron chi connectivity index (χ0n) is 41.2. The highest BCUT2D eigenvalue weighted by molar-refractivity contribution is 7.33. The van der Waals surface area contributed by atoms with Crippen LogP contribution in [-0.4, -0.2) is 6.71 Å². The van der Waals surface area contributed by atoms with Crippen molar-refractivity contribution in [2.24, 2.45) is 0 Å². The molecule has 11 rings (SSSR count). The Morgan fingerprint density at radius 2 is 1.08 bits per heavy atom. The lowest BCUT2D eigenvalue weighted by Gasteiger charge is -2.44. The maximum Gasteiger partial charge on any atom is 0.264 e. The maximum atomic E-state index is 2.65. The van der Waals surface area contributed by atoms with Crippen LogP contribution in [0.5, 0.6) is 0 Å². The van der Waals surface area contributed by atoms with E-state index in [9.17, 15) is 0 Å². The summed E-state index contributed by atoms with van der Waals surface area (Å²) in [5.41, 5.74) is 23.5. The van der Waals surface area contributed by atoms with Gasteiger partial charge in [0.25, 0.3) is 6.71 Å². The molecule has 0 N–H and O–H groups in total. The number of thiophene rings is 1. The number of nitrogens with zero attached hydrogens (tertiary/aromatic N) is 2. The summed E-state index contributed by atoms with van der Waals surface area (Å²) >= 11 is 2.01. The number of anilines is 6. The third-order valence-corrected chi connectivity index (χ3v) is 16.3. The van der Waals surface area contributed by atoms with Crippen molar-refractivity contribution in [2.75, 3.05) is 9.80 Å². The molecule has 0 unspecified atom stereocenters. The predicted octanol–water partition coefficient (Wildman–Crippen LogP) is 16.0. The minimum absolute atomic E-state index is 0.0262. The molecule has 0 saturated carbocycles. The number of rotatable bonds is 4. The lowest BCUT2D eigenvalue weighted by Crippen LogP contribution is -2.60. The van der Waals surface area contributed by atoms with Gasteiger partial charge in [-0.05, 0) is 143 Å². The Kier molecular flexibility index (Phi) is 9.45. The summed E-state index contributed by atoms with van der Waals surface area (Å²) in [5, 5.41) is 1.33. The highest BCUT2D eigenvalue weighted by atomic mass is 32.1. The van der Waals surface area contributed by atoms with E-state index >= 15 is 0 Å². The van der Waals surface area contributed by atoms with Crippen molar-refractivity contribution in [3.8, 4) is 22.3 Å². The van der Waals surface area contributed by atoms with Crippen LogP contribution in [0.4, 0.5) is 34.1 Å². The van der Waals surface area contributed by atoms with Crippen LogP contribution in [0.1, 0.15) is 129 Å². The van der Waals surface area contributed by atoms with Gasteiger partial charge in [-0.1, -0.05) is 175 Å². The molecule has 7 aromatic carbocycles. The molecule has 0 bridgehead atoms. The van der Waals surface area contributed by atoms with Gasteiger partial charge in [0.2, 0.25) is 0 Å². The maximum absolute atomic E-state index is 2.65. The molecule has 8 aromatic rings. The predicted molar refractivity (Wildman–Crippen MR) is 289 cm³/mol. The minimum atomic E-state index is -0.0919. The first kappa shape index (κ1) is 42.8. The van der Waals surface area contributed by atoms with E-state index in [4.69, 9.17) is 0 Å². The van der Waals surface area contributed by atoms with E-state index in [1.807, 2.05) is 11.3 Å². The van der Waals surface area contributed by atoms with Crippen LogP contribution in [0.15, 0.2) is 140 Å². The van der Waals surface area contributed by atoms with Gasteiger partial charge in [-0.2, -0.15) is 0 Å². The largest absolute Gasteiger partial charge is 0.311 e. The summed E-state index contributed by atoms with van der Waals surface area (Å²) in [6.45, 7) is 30.3. The third kappa shape index (κ3) is 6.56. The summed E-state index contributed by atoms with van der Waals surface area (Å²) in [7, 11) is 0. The number of hydrogen-bond acceptors (Lipinski definition) is 3. The average Bonchev–Trinajstić information content (AvgIpc) is 3.75. The molecule has 0 radical (unpaired) electrons. The monoisotopic (exact) mass is 878 g/mol. The number of benzene rings is 7. The zero-order valence-corrected chi connectivity index (χ0v) is 42.1. The third-order valence-electron chi connectivity index (χ3n) is 15.1. The molecule has 330 valence electrons. The molecule has 0 atom stereocenters. The Hall–Kier alpha value is -5.84. The topological polar surface area (TPSA) is 6.48 Å². The molecule has 3 heterocycles. The highest BCUT2D eigenvalue weighted by Gasteiger charge is 2.47. The SMILES string of the molecule is CC(C)c1ccc(-c2cc3c4c(c2)N(c2ccc(C(C)(C)C)cc2)c2c(sc5cc6c(cc25)-c2ccccc2C6(C)C)B4c2cc(C(C)(C)C)ccc2N3c2ccc(C(C)(C)C)cc2)cc1. The first-order valence-electron chi connectivity index (χ1n) is 24.1. The summed E-state index contributed by atoms with van der Waals surface area (Å²) in [5.74, 6) is 0.460. The molecule has 66 heavy (non-hydrogen) atoms. The molecule has 1 aromatic heterocycles. The van der Waals surface area contributed by atoms with Gasteiger partial charge in [-0.15, -0.1) is 11.3 Å². The summed E-state index contributed by atoms with van der Waals surface area (Å²) in [6.07, 6.45) is 0. The molecule has 1 aliphatic carbocycles. The quantitative estimate of drug-likeness (QED) is 0.163. The Labute approximate surface area is 398 Å². The second kappa shape index (κ2) is 14.6. The fourth-order valence-corrected chi connectivity index (χ4v) is 12.5. The Morgan fingerprint density at radius 1 is 0.515 bits per heavy atom. The standard InChI is InChI=1S/C62H63BN2S/c1-37(2)38-18-20-39(21-19-38)40-32-53-56-54(33-40)65(45-29-24-42(25-30-45)60(6,7)8)57-48-35-47-46-16-14-15-17-49(46)62(12,13)50(47)36-55(48)66-58(57)63(56)51-34-43(61(9,10)11)26-31-52(51)64(53)44-27-22-41(23-28-44)59(3,4)5/h14-37H,1-13H3. The van der Waals surface area contributed by atoms with Crippen LogP contribution in [0.3, 0.4) is 0 Å². The van der Waals surface area contributed by atoms with Crippen LogP contribution in [0.25, 0.3) is 32.3 Å². The van der Waals surface area contributed by atoms with E-state index in [1.165, 1.54) is 116 Å². The molecule has 0 fully saturated rings. The first-order valence-corrected chi connectivity index (χ1v) is 25.0. The van der Waals surface area contributed by atoms with Crippen LogP contribution in [0, 0.1) is 0 Å². The first-order chi connectivity index (χ1) is 31.2. The normalized spacial score (nSPS) is 14.9. The van der Waals surface area contributed by atoms with Crippen molar-refractivity contribution in [1.29, 1.82) is 0 Å². The lowest BCUT2D eigenvalue weighted by molar-refractivity contribution is 0.590. The van der Waals surface area contributed by atoms with Crippen molar-refractivity contribution >= 4 is 78.0 Å².